The van der Waals surface area contributed by atoms with Crippen LogP contribution in [0.25, 0.3) is 0 Å². The molecule has 0 atom stereocenters. The number of hydrogen-bond acceptors (Lipinski definition) is 3. The fourth-order valence-electron chi connectivity index (χ4n) is 1.36. The molecular weight excluding hydrogens is 212 g/mol. The second-order valence-electron chi connectivity index (χ2n) is 4.95. The van der Waals surface area contributed by atoms with Crippen molar-refractivity contribution >= 4 is 5.69 Å². The number of ether oxygens (including phenoxy) is 1. The third-order valence-electron chi connectivity index (χ3n) is 2.36. The van der Waals surface area contributed by atoms with E-state index in [2.05, 4.69) is 36.2 Å². The molecule has 0 aromatic heterocycles. The van der Waals surface area contributed by atoms with E-state index in [1.54, 1.807) is 0 Å². The Bertz CT molecular complexity index is 324. The van der Waals surface area contributed by atoms with E-state index < -0.39 is 0 Å². The van der Waals surface area contributed by atoms with Gasteiger partial charge in [-0.2, -0.15) is 0 Å². The summed E-state index contributed by atoms with van der Waals surface area (Å²) in [5.41, 5.74) is 1.13. The van der Waals surface area contributed by atoms with Crippen molar-refractivity contribution in [1.29, 1.82) is 0 Å². The van der Waals surface area contributed by atoms with Gasteiger partial charge in [-0.1, -0.05) is 19.9 Å². The molecule has 3 nitrogen and oxygen atoms in total. The summed E-state index contributed by atoms with van der Waals surface area (Å²) >= 11 is 0. The van der Waals surface area contributed by atoms with Crippen LogP contribution in [-0.2, 0) is 0 Å². The topological polar surface area (TPSA) is 24.5 Å². The van der Waals surface area contributed by atoms with Crippen LogP contribution in [0.5, 0.6) is 5.75 Å². The predicted octanol–water partition coefficient (Wildman–Crippen LogP) is 2.69. The highest BCUT2D eigenvalue weighted by molar-refractivity contribution is 5.48. The molecule has 0 radical (unpaired) electrons. The highest BCUT2D eigenvalue weighted by Gasteiger charge is 1.98. The van der Waals surface area contributed by atoms with E-state index in [-0.39, 0.29) is 0 Å². The average Bonchev–Trinajstić information content (AvgIpc) is 2.26. The number of likely N-dealkylation sites (N-methyl/N-ethyl adjacent to an activating group) is 1. The molecule has 0 aliphatic carbocycles. The predicted molar refractivity (Wildman–Crippen MR) is 73.8 cm³/mol. The number of anilines is 1. The van der Waals surface area contributed by atoms with Crippen molar-refractivity contribution in [2.24, 2.45) is 5.92 Å². The molecule has 1 rings (SSSR count). The van der Waals surface area contributed by atoms with E-state index in [1.807, 2.05) is 26.2 Å². The minimum Gasteiger partial charge on any atom is -0.492 e. The molecule has 0 fully saturated rings. The van der Waals surface area contributed by atoms with Crippen LogP contribution in [0.3, 0.4) is 0 Å². The van der Waals surface area contributed by atoms with Gasteiger partial charge in [-0.25, -0.2) is 0 Å². The first-order valence-corrected chi connectivity index (χ1v) is 6.19. The molecule has 0 heterocycles. The Balaban J connectivity index is 2.42. The molecule has 0 amide bonds. The van der Waals surface area contributed by atoms with Gasteiger partial charge in [0.15, 0.2) is 0 Å². The number of nitrogens with one attached hydrogen (secondary N) is 1. The SMILES string of the molecule is CC(C)CNc1cccc(OCCN(C)C)c1. The van der Waals surface area contributed by atoms with Gasteiger partial charge in [0.1, 0.15) is 12.4 Å². The summed E-state index contributed by atoms with van der Waals surface area (Å²) in [6.45, 7) is 7.04. The number of rotatable bonds is 7. The van der Waals surface area contributed by atoms with E-state index in [0.29, 0.717) is 5.92 Å². The summed E-state index contributed by atoms with van der Waals surface area (Å²) in [6, 6.07) is 8.14. The minimum absolute atomic E-state index is 0.647. The van der Waals surface area contributed by atoms with Gasteiger partial charge in [0.2, 0.25) is 0 Å². The Morgan fingerprint density at radius 1 is 1.29 bits per heavy atom. The smallest absolute Gasteiger partial charge is 0.121 e. The molecular formula is C14H24N2O. The van der Waals surface area contributed by atoms with Gasteiger partial charge in [0.25, 0.3) is 0 Å². The quantitative estimate of drug-likeness (QED) is 0.787. The second-order valence-corrected chi connectivity index (χ2v) is 4.95. The molecule has 1 aromatic carbocycles. The summed E-state index contributed by atoms with van der Waals surface area (Å²) in [5.74, 6) is 1.58. The highest BCUT2D eigenvalue weighted by Crippen LogP contribution is 2.17. The molecule has 0 spiro atoms. The summed E-state index contributed by atoms with van der Waals surface area (Å²) in [6.07, 6.45) is 0. The zero-order valence-electron chi connectivity index (χ0n) is 11.4. The van der Waals surface area contributed by atoms with Gasteiger partial charge in [-0.3, -0.25) is 0 Å². The Hall–Kier alpha value is -1.22. The van der Waals surface area contributed by atoms with E-state index in [0.717, 1.165) is 31.1 Å². The monoisotopic (exact) mass is 236 g/mol. The number of nitrogens with zero attached hydrogens (tertiary/aromatic N) is 1. The van der Waals surface area contributed by atoms with Gasteiger partial charge in [-0.15, -0.1) is 0 Å². The molecule has 0 saturated heterocycles. The Morgan fingerprint density at radius 3 is 2.71 bits per heavy atom. The van der Waals surface area contributed by atoms with Crippen molar-refractivity contribution in [3.05, 3.63) is 24.3 Å². The van der Waals surface area contributed by atoms with Crippen LogP contribution in [-0.4, -0.2) is 38.7 Å². The van der Waals surface area contributed by atoms with Gasteiger partial charge >= 0.3 is 0 Å². The van der Waals surface area contributed by atoms with Crippen LogP contribution >= 0.6 is 0 Å². The molecule has 17 heavy (non-hydrogen) atoms. The normalized spacial score (nSPS) is 10.9. The highest BCUT2D eigenvalue weighted by atomic mass is 16.5. The van der Waals surface area contributed by atoms with E-state index in [9.17, 15) is 0 Å². The third kappa shape index (κ3) is 6.17. The maximum atomic E-state index is 5.68. The first-order chi connectivity index (χ1) is 8.08. The van der Waals surface area contributed by atoms with Crippen LogP contribution in [0.1, 0.15) is 13.8 Å². The standard InChI is InChI=1S/C14H24N2O/c1-12(2)11-15-13-6-5-7-14(10-13)17-9-8-16(3)4/h5-7,10,12,15H,8-9,11H2,1-4H3. The van der Waals surface area contributed by atoms with Crippen molar-refractivity contribution in [2.45, 2.75) is 13.8 Å². The maximum absolute atomic E-state index is 5.68. The lowest BCUT2D eigenvalue weighted by molar-refractivity contribution is 0.261. The van der Waals surface area contributed by atoms with Crippen LogP contribution in [0.4, 0.5) is 5.69 Å². The zero-order chi connectivity index (χ0) is 12.7. The number of benzene rings is 1. The van der Waals surface area contributed by atoms with Crippen molar-refractivity contribution in [3.8, 4) is 5.75 Å². The largest absolute Gasteiger partial charge is 0.492 e. The average molecular weight is 236 g/mol. The minimum atomic E-state index is 0.647. The Morgan fingerprint density at radius 2 is 2.06 bits per heavy atom. The van der Waals surface area contributed by atoms with Crippen LogP contribution < -0.4 is 10.1 Å². The molecule has 0 aliphatic heterocycles. The van der Waals surface area contributed by atoms with Crippen LogP contribution in [0, 0.1) is 5.92 Å². The molecule has 1 N–H and O–H groups in total. The molecule has 96 valence electrons. The zero-order valence-corrected chi connectivity index (χ0v) is 11.4. The fourth-order valence-corrected chi connectivity index (χ4v) is 1.36. The van der Waals surface area contributed by atoms with Crippen molar-refractivity contribution < 1.29 is 4.74 Å². The first-order valence-electron chi connectivity index (χ1n) is 6.19. The lowest BCUT2D eigenvalue weighted by Gasteiger charge is -2.13. The molecule has 0 aliphatic rings. The van der Waals surface area contributed by atoms with Crippen LogP contribution in [0.15, 0.2) is 24.3 Å². The molecule has 0 saturated carbocycles. The Labute approximate surface area is 105 Å². The Kier molecular flexibility index (Phi) is 5.84. The second kappa shape index (κ2) is 7.17. The molecule has 0 bridgehead atoms. The molecule has 1 aromatic rings. The lowest BCUT2D eigenvalue weighted by atomic mass is 10.2. The molecule has 3 heteroatoms. The van der Waals surface area contributed by atoms with E-state index >= 15 is 0 Å². The summed E-state index contributed by atoms with van der Waals surface area (Å²) < 4.78 is 5.68. The lowest BCUT2D eigenvalue weighted by Crippen LogP contribution is -2.19. The maximum Gasteiger partial charge on any atom is 0.121 e. The fraction of sp³-hybridized carbons (Fsp3) is 0.571. The van der Waals surface area contributed by atoms with Crippen LogP contribution in [0.2, 0.25) is 0 Å². The van der Waals surface area contributed by atoms with E-state index in [4.69, 9.17) is 4.74 Å². The summed E-state index contributed by atoms with van der Waals surface area (Å²) in [5, 5.41) is 3.39. The third-order valence-corrected chi connectivity index (χ3v) is 2.36. The van der Waals surface area contributed by atoms with Gasteiger partial charge in [-0.05, 0) is 32.1 Å². The van der Waals surface area contributed by atoms with Gasteiger partial charge in [0.05, 0.1) is 0 Å². The van der Waals surface area contributed by atoms with Gasteiger partial charge in [0, 0.05) is 24.8 Å². The van der Waals surface area contributed by atoms with Gasteiger partial charge < -0.3 is 15.0 Å². The van der Waals surface area contributed by atoms with Crippen molar-refractivity contribution in [3.63, 3.8) is 0 Å². The molecule has 0 unspecified atom stereocenters. The summed E-state index contributed by atoms with van der Waals surface area (Å²) in [4.78, 5) is 2.11. The van der Waals surface area contributed by atoms with Crippen molar-refractivity contribution in [1.82, 2.24) is 4.90 Å². The van der Waals surface area contributed by atoms with Crippen molar-refractivity contribution in [2.75, 3.05) is 39.1 Å². The number of hydrogen-bond donors (Lipinski definition) is 1. The van der Waals surface area contributed by atoms with E-state index in [1.165, 1.54) is 0 Å². The summed E-state index contributed by atoms with van der Waals surface area (Å²) in [7, 11) is 4.09. The first kappa shape index (κ1) is 13.8.